The Morgan fingerprint density at radius 2 is 2.15 bits per heavy atom. The van der Waals surface area contributed by atoms with Crippen molar-refractivity contribution in [1.82, 2.24) is 4.98 Å². The first-order chi connectivity index (χ1) is 9.56. The molecule has 2 aromatic rings. The van der Waals surface area contributed by atoms with Crippen molar-refractivity contribution in [2.24, 2.45) is 0 Å². The zero-order chi connectivity index (χ0) is 14.5. The van der Waals surface area contributed by atoms with Gasteiger partial charge in [-0.3, -0.25) is 4.79 Å². The van der Waals surface area contributed by atoms with Gasteiger partial charge < -0.3 is 5.32 Å². The lowest BCUT2D eigenvalue weighted by molar-refractivity contribution is -0.113. The summed E-state index contributed by atoms with van der Waals surface area (Å²) in [5.41, 5.74) is 2.95. The van der Waals surface area contributed by atoms with Gasteiger partial charge in [0.1, 0.15) is 0 Å². The lowest BCUT2D eigenvalue weighted by Gasteiger charge is -2.08. The molecule has 0 saturated carbocycles. The lowest BCUT2D eigenvalue weighted by atomic mass is 10.2. The van der Waals surface area contributed by atoms with Gasteiger partial charge in [0.15, 0.2) is 5.15 Å². The van der Waals surface area contributed by atoms with Crippen LogP contribution in [0.25, 0.3) is 0 Å². The summed E-state index contributed by atoms with van der Waals surface area (Å²) in [5, 5.41) is 3.06. The summed E-state index contributed by atoms with van der Waals surface area (Å²) in [7, 11) is 0. The van der Waals surface area contributed by atoms with Gasteiger partial charge in [-0.05, 0) is 37.6 Å². The number of amides is 1. The molecule has 0 aliphatic rings. The highest BCUT2D eigenvalue weighted by Crippen LogP contribution is 2.24. The van der Waals surface area contributed by atoms with Crippen LogP contribution in [0, 0.1) is 13.8 Å². The molecule has 5 heteroatoms. The number of anilines is 1. The standard InChI is InChI=1S/C15H15ClN2OS/c1-10-5-6-13(11(2)8-10)20-9-14(19)18-12-4-3-7-17-15(12)16/h3-8H,9H2,1-2H3,(H,18,19). The number of aryl methyl sites for hydroxylation is 2. The molecule has 104 valence electrons. The van der Waals surface area contributed by atoms with Crippen molar-refractivity contribution < 1.29 is 4.79 Å². The zero-order valence-electron chi connectivity index (χ0n) is 11.3. The first kappa shape index (κ1) is 14.9. The van der Waals surface area contributed by atoms with E-state index in [-0.39, 0.29) is 5.91 Å². The van der Waals surface area contributed by atoms with E-state index in [4.69, 9.17) is 11.6 Å². The number of pyridine rings is 1. The lowest BCUT2D eigenvalue weighted by Crippen LogP contribution is -2.14. The Labute approximate surface area is 127 Å². The van der Waals surface area contributed by atoms with Gasteiger partial charge in [0, 0.05) is 11.1 Å². The highest BCUT2D eigenvalue weighted by atomic mass is 35.5. The second kappa shape index (κ2) is 6.77. The van der Waals surface area contributed by atoms with Crippen LogP contribution in [0.1, 0.15) is 11.1 Å². The third-order valence-corrected chi connectivity index (χ3v) is 4.20. The number of carbonyl (C=O) groups excluding carboxylic acids is 1. The number of hydrogen-bond donors (Lipinski definition) is 1. The van der Waals surface area contributed by atoms with Crippen molar-refractivity contribution in [3.05, 3.63) is 52.8 Å². The molecule has 2 rings (SSSR count). The number of halogens is 1. The molecule has 3 nitrogen and oxygen atoms in total. The number of nitrogens with one attached hydrogen (secondary N) is 1. The van der Waals surface area contributed by atoms with Crippen LogP contribution in [0.3, 0.4) is 0 Å². The summed E-state index contributed by atoms with van der Waals surface area (Å²) in [4.78, 5) is 16.9. The minimum atomic E-state index is -0.0927. The summed E-state index contributed by atoms with van der Waals surface area (Å²) in [5.74, 6) is 0.250. The number of rotatable bonds is 4. The van der Waals surface area contributed by atoms with Crippen LogP contribution >= 0.6 is 23.4 Å². The topological polar surface area (TPSA) is 42.0 Å². The fraction of sp³-hybridized carbons (Fsp3) is 0.200. The molecule has 1 aromatic heterocycles. The minimum Gasteiger partial charge on any atom is -0.323 e. The van der Waals surface area contributed by atoms with Crippen LogP contribution in [0.2, 0.25) is 5.15 Å². The predicted octanol–water partition coefficient (Wildman–Crippen LogP) is 4.08. The molecule has 1 N–H and O–H groups in total. The molecular weight excluding hydrogens is 292 g/mol. The van der Waals surface area contributed by atoms with E-state index in [1.165, 1.54) is 22.9 Å². The molecule has 0 aliphatic heterocycles. The Balaban J connectivity index is 1.94. The minimum absolute atomic E-state index is 0.0927. The van der Waals surface area contributed by atoms with E-state index in [1.54, 1.807) is 18.3 Å². The molecule has 0 atom stereocenters. The molecule has 20 heavy (non-hydrogen) atoms. The van der Waals surface area contributed by atoms with Crippen molar-refractivity contribution >= 4 is 35.0 Å². The quantitative estimate of drug-likeness (QED) is 0.683. The Hall–Kier alpha value is -1.52. The Kier molecular flexibility index (Phi) is 5.04. The van der Waals surface area contributed by atoms with E-state index in [0.717, 1.165) is 4.90 Å². The normalized spacial score (nSPS) is 10.3. The van der Waals surface area contributed by atoms with Crippen LogP contribution in [0.4, 0.5) is 5.69 Å². The summed E-state index contributed by atoms with van der Waals surface area (Å²) < 4.78 is 0. The van der Waals surface area contributed by atoms with Crippen LogP contribution in [0.15, 0.2) is 41.4 Å². The van der Waals surface area contributed by atoms with Crippen LogP contribution in [-0.4, -0.2) is 16.6 Å². The predicted molar refractivity (Wildman–Crippen MR) is 84.5 cm³/mol. The summed E-state index contributed by atoms with van der Waals surface area (Å²) in [6, 6.07) is 9.66. The number of benzene rings is 1. The Morgan fingerprint density at radius 3 is 2.85 bits per heavy atom. The van der Waals surface area contributed by atoms with E-state index in [0.29, 0.717) is 16.6 Å². The molecule has 0 saturated heterocycles. The summed E-state index contributed by atoms with van der Waals surface area (Å²) >= 11 is 7.41. The fourth-order valence-electron chi connectivity index (χ4n) is 1.77. The molecular formula is C15H15ClN2OS. The van der Waals surface area contributed by atoms with Gasteiger partial charge in [-0.15, -0.1) is 11.8 Å². The maximum atomic E-state index is 11.9. The van der Waals surface area contributed by atoms with Gasteiger partial charge in [0.25, 0.3) is 0 Å². The Bertz CT molecular complexity index is 631. The highest BCUT2D eigenvalue weighted by molar-refractivity contribution is 8.00. The zero-order valence-corrected chi connectivity index (χ0v) is 12.9. The molecule has 0 aliphatic carbocycles. The third-order valence-electron chi connectivity index (χ3n) is 2.72. The van der Waals surface area contributed by atoms with Gasteiger partial charge in [-0.25, -0.2) is 4.98 Å². The largest absolute Gasteiger partial charge is 0.323 e. The van der Waals surface area contributed by atoms with Gasteiger partial charge in [0.05, 0.1) is 11.4 Å². The van der Waals surface area contributed by atoms with Gasteiger partial charge in [0.2, 0.25) is 5.91 Å². The van der Waals surface area contributed by atoms with Crippen molar-refractivity contribution in [3.63, 3.8) is 0 Å². The van der Waals surface area contributed by atoms with Crippen molar-refractivity contribution in [2.75, 3.05) is 11.1 Å². The van der Waals surface area contributed by atoms with E-state index in [9.17, 15) is 4.79 Å². The number of nitrogens with zero attached hydrogens (tertiary/aromatic N) is 1. The molecule has 0 spiro atoms. The number of hydrogen-bond acceptors (Lipinski definition) is 3. The average Bonchev–Trinajstić information content (AvgIpc) is 2.40. The van der Waals surface area contributed by atoms with E-state index < -0.39 is 0 Å². The molecule has 0 fully saturated rings. The Morgan fingerprint density at radius 1 is 1.35 bits per heavy atom. The molecule has 0 unspecified atom stereocenters. The number of aromatic nitrogens is 1. The molecule has 1 heterocycles. The van der Waals surface area contributed by atoms with E-state index in [2.05, 4.69) is 23.3 Å². The number of thioether (sulfide) groups is 1. The first-order valence-corrected chi connectivity index (χ1v) is 7.53. The maximum Gasteiger partial charge on any atom is 0.234 e. The highest BCUT2D eigenvalue weighted by Gasteiger charge is 2.08. The molecule has 0 radical (unpaired) electrons. The average molecular weight is 307 g/mol. The van der Waals surface area contributed by atoms with E-state index >= 15 is 0 Å². The van der Waals surface area contributed by atoms with Gasteiger partial charge in [-0.1, -0.05) is 29.3 Å². The van der Waals surface area contributed by atoms with Crippen LogP contribution < -0.4 is 5.32 Å². The van der Waals surface area contributed by atoms with Gasteiger partial charge in [-0.2, -0.15) is 0 Å². The first-order valence-electron chi connectivity index (χ1n) is 6.16. The van der Waals surface area contributed by atoms with Crippen molar-refractivity contribution in [2.45, 2.75) is 18.7 Å². The fourth-order valence-corrected chi connectivity index (χ4v) is 2.75. The second-order valence-corrected chi connectivity index (χ2v) is 5.82. The SMILES string of the molecule is Cc1ccc(SCC(=O)Nc2cccnc2Cl)c(C)c1. The maximum absolute atomic E-state index is 11.9. The monoisotopic (exact) mass is 306 g/mol. The summed E-state index contributed by atoms with van der Waals surface area (Å²) in [6.07, 6.45) is 1.59. The summed E-state index contributed by atoms with van der Waals surface area (Å²) in [6.45, 7) is 4.10. The third kappa shape index (κ3) is 3.99. The smallest absolute Gasteiger partial charge is 0.234 e. The van der Waals surface area contributed by atoms with Gasteiger partial charge >= 0.3 is 0 Å². The number of carbonyl (C=O) groups is 1. The van der Waals surface area contributed by atoms with Crippen molar-refractivity contribution in [1.29, 1.82) is 0 Å². The van der Waals surface area contributed by atoms with E-state index in [1.807, 2.05) is 19.1 Å². The molecule has 1 aromatic carbocycles. The molecule has 0 bridgehead atoms. The second-order valence-electron chi connectivity index (χ2n) is 4.45. The molecule has 1 amide bonds. The van der Waals surface area contributed by atoms with Crippen LogP contribution in [0.5, 0.6) is 0 Å². The van der Waals surface area contributed by atoms with Crippen molar-refractivity contribution in [3.8, 4) is 0 Å². The van der Waals surface area contributed by atoms with Crippen LogP contribution in [-0.2, 0) is 4.79 Å².